The zero-order valence-electron chi connectivity index (χ0n) is 13.8. The Morgan fingerprint density at radius 1 is 1.42 bits per heavy atom. The molecule has 0 radical (unpaired) electrons. The van der Waals surface area contributed by atoms with Crippen LogP contribution in [0.1, 0.15) is 48.8 Å². The molecule has 2 atom stereocenters. The van der Waals surface area contributed by atoms with Gasteiger partial charge in [-0.25, -0.2) is 4.98 Å². The van der Waals surface area contributed by atoms with Crippen LogP contribution >= 0.6 is 0 Å². The van der Waals surface area contributed by atoms with Crippen molar-refractivity contribution in [3.05, 3.63) is 35.9 Å². The molecule has 1 amide bonds. The van der Waals surface area contributed by atoms with Gasteiger partial charge in [-0.15, -0.1) is 0 Å². The number of imidazole rings is 1. The number of amides is 1. The molecule has 2 fully saturated rings. The van der Waals surface area contributed by atoms with Gasteiger partial charge in [0.2, 0.25) is 5.91 Å². The smallest absolute Gasteiger partial charge is 0.236 e. The van der Waals surface area contributed by atoms with E-state index in [2.05, 4.69) is 11.1 Å². The molecule has 24 heavy (non-hydrogen) atoms. The molecule has 2 aromatic rings. The SMILES string of the molecule is NCC(=O)N1CCCC(C(O)c2c(C3CC3)ccn3cncc23)C1. The maximum absolute atomic E-state index is 11.9. The molecule has 3 N–H and O–H groups in total. The van der Waals surface area contributed by atoms with E-state index in [-0.39, 0.29) is 18.4 Å². The van der Waals surface area contributed by atoms with E-state index in [4.69, 9.17) is 5.73 Å². The molecular formula is C18H24N4O2. The average Bonchev–Trinajstić information content (AvgIpc) is 3.36. The highest BCUT2D eigenvalue weighted by molar-refractivity contribution is 5.78. The Bertz CT molecular complexity index is 753. The summed E-state index contributed by atoms with van der Waals surface area (Å²) in [7, 11) is 0. The van der Waals surface area contributed by atoms with E-state index >= 15 is 0 Å². The number of piperidine rings is 1. The Balaban J connectivity index is 1.67. The zero-order chi connectivity index (χ0) is 16.7. The fraction of sp³-hybridized carbons (Fsp3) is 0.556. The molecule has 3 heterocycles. The summed E-state index contributed by atoms with van der Waals surface area (Å²) >= 11 is 0. The third kappa shape index (κ3) is 2.70. The second-order valence-electron chi connectivity index (χ2n) is 7.04. The molecule has 0 aromatic carbocycles. The summed E-state index contributed by atoms with van der Waals surface area (Å²) < 4.78 is 1.97. The van der Waals surface area contributed by atoms with Crippen LogP contribution in [0.25, 0.3) is 5.52 Å². The summed E-state index contributed by atoms with van der Waals surface area (Å²) in [5, 5.41) is 11.2. The summed E-state index contributed by atoms with van der Waals surface area (Å²) in [6, 6.07) is 2.12. The summed E-state index contributed by atoms with van der Waals surface area (Å²) in [5.74, 6) is 0.574. The van der Waals surface area contributed by atoms with E-state index < -0.39 is 6.10 Å². The molecule has 1 saturated heterocycles. The van der Waals surface area contributed by atoms with Gasteiger partial charge in [-0.3, -0.25) is 4.79 Å². The molecule has 6 heteroatoms. The van der Waals surface area contributed by atoms with Gasteiger partial charge in [0, 0.05) is 30.8 Å². The van der Waals surface area contributed by atoms with Crippen molar-refractivity contribution in [1.82, 2.24) is 14.3 Å². The number of rotatable bonds is 4. The number of likely N-dealkylation sites (tertiary alicyclic amines) is 1. The molecule has 1 aliphatic carbocycles. The first-order valence-electron chi connectivity index (χ1n) is 8.79. The molecule has 0 spiro atoms. The van der Waals surface area contributed by atoms with Gasteiger partial charge in [0.05, 0.1) is 30.7 Å². The Morgan fingerprint density at radius 3 is 3.00 bits per heavy atom. The van der Waals surface area contributed by atoms with Gasteiger partial charge < -0.3 is 20.1 Å². The van der Waals surface area contributed by atoms with Crippen LogP contribution in [0.4, 0.5) is 0 Å². The van der Waals surface area contributed by atoms with Crippen LogP contribution in [-0.4, -0.2) is 44.9 Å². The second-order valence-corrected chi connectivity index (χ2v) is 7.04. The van der Waals surface area contributed by atoms with Crippen molar-refractivity contribution >= 4 is 11.4 Å². The number of carbonyl (C=O) groups excluding carboxylic acids is 1. The Morgan fingerprint density at radius 2 is 2.25 bits per heavy atom. The van der Waals surface area contributed by atoms with Crippen molar-refractivity contribution in [2.75, 3.05) is 19.6 Å². The molecule has 6 nitrogen and oxygen atoms in total. The van der Waals surface area contributed by atoms with E-state index in [1.54, 1.807) is 11.2 Å². The molecule has 2 aromatic heterocycles. The number of nitrogens with zero attached hydrogens (tertiary/aromatic N) is 3. The predicted octanol–water partition coefficient (Wildman–Crippen LogP) is 1.44. The average molecular weight is 328 g/mol. The zero-order valence-corrected chi connectivity index (χ0v) is 13.8. The van der Waals surface area contributed by atoms with E-state index in [0.717, 1.165) is 30.5 Å². The van der Waals surface area contributed by atoms with Crippen LogP contribution in [0, 0.1) is 5.92 Å². The summed E-state index contributed by atoms with van der Waals surface area (Å²) in [6.07, 6.45) is 9.26. The number of fused-ring (bicyclic) bond motifs is 1. The number of pyridine rings is 1. The Kier molecular flexibility index (Phi) is 4.02. The number of aliphatic hydroxyl groups excluding tert-OH is 1. The van der Waals surface area contributed by atoms with Crippen molar-refractivity contribution in [2.45, 2.75) is 37.7 Å². The van der Waals surface area contributed by atoms with Crippen LogP contribution in [0.15, 0.2) is 24.8 Å². The minimum atomic E-state index is -0.575. The highest BCUT2D eigenvalue weighted by Gasteiger charge is 2.34. The Labute approximate surface area is 141 Å². The predicted molar refractivity (Wildman–Crippen MR) is 90.5 cm³/mol. The number of hydrogen-bond donors (Lipinski definition) is 2. The second kappa shape index (κ2) is 6.18. The third-order valence-corrected chi connectivity index (χ3v) is 5.41. The first kappa shape index (κ1) is 15.6. The molecule has 128 valence electrons. The lowest BCUT2D eigenvalue weighted by atomic mass is 9.85. The van der Waals surface area contributed by atoms with Crippen molar-refractivity contribution in [3.63, 3.8) is 0 Å². The van der Waals surface area contributed by atoms with Crippen molar-refractivity contribution in [1.29, 1.82) is 0 Å². The van der Waals surface area contributed by atoms with Crippen LogP contribution in [-0.2, 0) is 4.79 Å². The topological polar surface area (TPSA) is 83.9 Å². The lowest BCUT2D eigenvalue weighted by molar-refractivity contribution is -0.132. The van der Waals surface area contributed by atoms with Crippen molar-refractivity contribution in [3.8, 4) is 0 Å². The monoisotopic (exact) mass is 328 g/mol. The number of hydrogen-bond acceptors (Lipinski definition) is 4. The summed E-state index contributed by atoms with van der Waals surface area (Å²) in [6.45, 7) is 1.36. The molecular weight excluding hydrogens is 304 g/mol. The first-order valence-corrected chi connectivity index (χ1v) is 8.79. The van der Waals surface area contributed by atoms with Gasteiger partial charge in [-0.2, -0.15) is 0 Å². The summed E-state index contributed by atoms with van der Waals surface area (Å²) in [5.41, 5.74) is 8.74. The van der Waals surface area contributed by atoms with E-state index in [9.17, 15) is 9.90 Å². The standard InChI is InChI=1S/C18H24N4O2/c19-8-16(23)21-6-1-2-13(10-21)18(24)17-14(12-3-4-12)5-7-22-11-20-9-15(17)22/h5,7,9,11-13,18,24H,1-4,6,8,10,19H2. The van der Waals surface area contributed by atoms with Gasteiger partial charge in [-0.1, -0.05) is 0 Å². The van der Waals surface area contributed by atoms with Crippen LogP contribution < -0.4 is 5.73 Å². The fourth-order valence-electron chi connectivity index (χ4n) is 3.96. The highest BCUT2D eigenvalue weighted by atomic mass is 16.3. The quantitative estimate of drug-likeness (QED) is 0.889. The van der Waals surface area contributed by atoms with E-state index in [0.29, 0.717) is 12.5 Å². The molecule has 2 aliphatic rings. The van der Waals surface area contributed by atoms with Crippen LogP contribution in [0.3, 0.4) is 0 Å². The highest BCUT2D eigenvalue weighted by Crippen LogP contribution is 2.45. The van der Waals surface area contributed by atoms with Gasteiger partial charge in [-0.05, 0) is 43.2 Å². The van der Waals surface area contributed by atoms with Gasteiger partial charge in [0.1, 0.15) is 0 Å². The van der Waals surface area contributed by atoms with Gasteiger partial charge in [0.25, 0.3) is 0 Å². The maximum Gasteiger partial charge on any atom is 0.236 e. The van der Waals surface area contributed by atoms with E-state index in [1.165, 1.54) is 18.4 Å². The maximum atomic E-state index is 11.9. The van der Waals surface area contributed by atoms with Crippen molar-refractivity contribution in [2.24, 2.45) is 11.7 Å². The molecule has 2 unspecified atom stereocenters. The van der Waals surface area contributed by atoms with Crippen molar-refractivity contribution < 1.29 is 9.90 Å². The summed E-state index contributed by atoms with van der Waals surface area (Å²) in [4.78, 5) is 18.0. The minimum absolute atomic E-state index is 0.0307. The number of nitrogens with two attached hydrogens (primary N) is 1. The molecule has 4 rings (SSSR count). The normalized spacial score (nSPS) is 22.8. The first-order chi connectivity index (χ1) is 11.7. The van der Waals surface area contributed by atoms with Gasteiger partial charge >= 0.3 is 0 Å². The van der Waals surface area contributed by atoms with E-state index in [1.807, 2.05) is 16.8 Å². The number of aromatic nitrogens is 2. The number of carbonyl (C=O) groups is 1. The molecule has 0 bridgehead atoms. The largest absolute Gasteiger partial charge is 0.388 e. The lowest BCUT2D eigenvalue weighted by Crippen LogP contribution is -2.44. The fourth-order valence-corrected chi connectivity index (χ4v) is 3.96. The molecule has 1 aliphatic heterocycles. The Hall–Kier alpha value is -1.92. The van der Waals surface area contributed by atoms with Gasteiger partial charge in [0.15, 0.2) is 0 Å². The number of aliphatic hydroxyl groups is 1. The van der Waals surface area contributed by atoms with Crippen LogP contribution in [0.2, 0.25) is 0 Å². The lowest BCUT2D eigenvalue weighted by Gasteiger charge is -2.35. The molecule has 1 saturated carbocycles. The van der Waals surface area contributed by atoms with Crippen LogP contribution in [0.5, 0.6) is 0 Å². The third-order valence-electron chi connectivity index (χ3n) is 5.41. The minimum Gasteiger partial charge on any atom is -0.388 e.